The van der Waals surface area contributed by atoms with E-state index in [9.17, 15) is 0 Å². The molecule has 0 aliphatic heterocycles. The number of rotatable bonds is 9. The first kappa shape index (κ1) is 26.8. The van der Waals surface area contributed by atoms with Gasteiger partial charge >= 0.3 is 0 Å². The van der Waals surface area contributed by atoms with Crippen molar-refractivity contribution in [2.24, 2.45) is 0 Å². The van der Waals surface area contributed by atoms with E-state index in [4.69, 9.17) is 18.9 Å². The van der Waals surface area contributed by atoms with E-state index in [1.54, 1.807) is 28.4 Å². The number of ether oxygens (including phenoxy) is 4. The van der Waals surface area contributed by atoms with E-state index in [0.29, 0.717) is 26.4 Å². The summed E-state index contributed by atoms with van der Waals surface area (Å²) in [6, 6.07) is 13.1. The number of fused-ring (bicyclic) bond motifs is 2. The second kappa shape index (κ2) is 11.9. The van der Waals surface area contributed by atoms with Crippen LogP contribution in [0.3, 0.4) is 0 Å². The monoisotopic (exact) mass is 490 g/mol. The average Bonchev–Trinajstić information content (AvgIpc) is 3.61. The van der Waals surface area contributed by atoms with Crippen LogP contribution in [0.5, 0.6) is 0 Å². The lowest BCUT2D eigenvalue weighted by atomic mass is 9.77. The zero-order chi connectivity index (χ0) is 25.6. The van der Waals surface area contributed by atoms with Crippen LogP contribution in [0.2, 0.25) is 0 Å². The van der Waals surface area contributed by atoms with Gasteiger partial charge in [-0.15, -0.1) is 0 Å². The first-order chi connectivity index (χ1) is 17.5. The number of methoxy groups -OCH3 is 4. The zero-order valence-corrected chi connectivity index (χ0v) is 22.6. The summed E-state index contributed by atoms with van der Waals surface area (Å²) < 4.78 is 21.8. The maximum atomic E-state index is 5.52. The molecule has 0 bridgehead atoms. The van der Waals surface area contributed by atoms with E-state index in [-0.39, 0.29) is 10.8 Å². The third-order valence-electron chi connectivity index (χ3n) is 8.00. The van der Waals surface area contributed by atoms with Gasteiger partial charge < -0.3 is 18.9 Å². The molecule has 0 heterocycles. The van der Waals surface area contributed by atoms with Crippen molar-refractivity contribution >= 4 is 12.2 Å². The molecule has 1 fully saturated rings. The largest absolute Gasteiger partial charge is 0.383 e. The van der Waals surface area contributed by atoms with Gasteiger partial charge in [0.2, 0.25) is 0 Å². The molecule has 0 spiro atoms. The Balaban J connectivity index is 0.000000174. The molecule has 3 aliphatic carbocycles. The lowest BCUT2D eigenvalue weighted by Gasteiger charge is -2.31. The van der Waals surface area contributed by atoms with E-state index < -0.39 is 0 Å². The molecular formula is C32H42O4. The molecule has 0 amide bonds. The van der Waals surface area contributed by atoms with Gasteiger partial charge in [0.15, 0.2) is 0 Å². The molecule has 0 aromatic heterocycles. The van der Waals surface area contributed by atoms with Crippen LogP contribution in [0.25, 0.3) is 12.2 Å². The fraction of sp³-hybridized carbons (Fsp3) is 0.500. The summed E-state index contributed by atoms with van der Waals surface area (Å²) in [5.41, 5.74) is 8.06. The second-order valence-electron chi connectivity index (χ2n) is 10.5. The van der Waals surface area contributed by atoms with Crippen molar-refractivity contribution in [3.8, 4) is 0 Å². The number of aryl methyl sites for hydroxylation is 1. The summed E-state index contributed by atoms with van der Waals surface area (Å²) in [5, 5.41) is 0. The average molecular weight is 491 g/mol. The minimum absolute atomic E-state index is 0.0992. The minimum Gasteiger partial charge on any atom is -0.383 e. The van der Waals surface area contributed by atoms with E-state index in [1.165, 1.54) is 59.1 Å². The van der Waals surface area contributed by atoms with Crippen molar-refractivity contribution in [3.05, 3.63) is 81.9 Å². The maximum Gasteiger partial charge on any atom is 0.0616 e. The van der Waals surface area contributed by atoms with Crippen LogP contribution in [0.15, 0.2) is 48.6 Å². The molecule has 4 heteroatoms. The van der Waals surface area contributed by atoms with Crippen LogP contribution in [-0.4, -0.2) is 54.9 Å². The molecule has 194 valence electrons. The van der Waals surface area contributed by atoms with Crippen LogP contribution in [-0.2, 0) is 29.8 Å². The molecule has 4 nitrogen and oxygen atoms in total. The van der Waals surface area contributed by atoms with Gasteiger partial charge in [-0.3, -0.25) is 0 Å². The van der Waals surface area contributed by atoms with E-state index in [2.05, 4.69) is 67.6 Å². The topological polar surface area (TPSA) is 36.9 Å². The molecule has 1 saturated carbocycles. The Hall–Kier alpha value is -2.24. The van der Waals surface area contributed by atoms with Crippen LogP contribution < -0.4 is 0 Å². The molecule has 2 aromatic carbocycles. The van der Waals surface area contributed by atoms with Gasteiger partial charge in [0, 0.05) is 28.4 Å². The molecule has 3 aliphatic rings. The Morgan fingerprint density at radius 1 is 0.667 bits per heavy atom. The van der Waals surface area contributed by atoms with Gasteiger partial charge in [-0.2, -0.15) is 0 Å². The summed E-state index contributed by atoms with van der Waals surface area (Å²) in [6.45, 7) is 4.85. The second-order valence-corrected chi connectivity index (χ2v) is 10.5. The number of hydrogen-bond acceptors (Lipinski definition) is 4. The highest BCUT2D eigenvalue weighted by molar-refractivity contribution is 5.68. The molecule has 36 heavy (non-hydrogen) atoms. The SMILES string of the molecule is COCC1(COC)C=Cc2cccc(C)c21.COCC1(COC)C=Cc2cccc(C3CCCC3)c21. The molecule has 0 atom stereocenters. The third kappa shape index (κ3) is 5.10. The van der Waals surface area contributed by atoms with Gasteiger partial charge in [0.25, 0.3) is 0 Å². The summed E-state index contributed by atoms with van der Waals surface area (Å²) in [7, 11) is 7.03. The molecule has 5 rings (SSSR count). The zero-order valence-electron chi connectivity index (χ0n) is 22.6. The predicted octanol–water partition coefficient (Wildman–Crippen LogP) is 6.45. The molecule has 0 saturated heterocycles. The van der Waals surface area contributed by atoms with Crippen molar-refractivity contribution in [2.45, 2.75) is 49.4 Å². The van der Waals surface area contributed by atoms with Crippen LogP contribution in [0, 0.1) is 6.92 Å². The van der Waals surface area contributed by atoms with Gasteiger partial charge in [0.05, 0.1) is 37.3 Å². The van der Waals surface area contributed by atoms with Crippen molar-refractivity contribution in [1.82, 2.24) is 0 Å². The van der Waals surface area contributed by atoms with Crippen molar-refractivity contribution < 1.29 is 18.9 Å². The number of hydrogen-bond donors (Lipinski definition) is 0. The Kier molecular flexibility index (Phi) is 8.84. The maximum absolute atomic E-state index is 5.52. The summed E-state index contributed by atoms with van der Waals surface area (Å²) in [4.78, 5) is 0. The highest BCUT2D eigenvalue weighted by Crippen LogP contribution is 2.45. The molecule has 2 aromatic rings. The Morgan fingerprint density at radius 3 is 1.67 bits per heavy atom. The third-order valence-corrected chi connectivity index (χ3v) is 8.00. The standard InChI is InChI=1S/C18H24O2.C14H18O2/c1-19-12-18(13-20-2)11-10-15-8-5-9-16(17(15)18)14-6-3-4-7-14;1-11-5-4-6-12-7-8-14(9-15-2,10-16-3)13(11)12/h5,8-11,14H,3-4,6-7,12-13H2,1-2H3;4-8H,9-10H2,1-3H3. The quantitative estimate of drug-likeness (QED) is 0.405. The smallest absolute Gasteiger partial charge is 0.0616 e. The summed E-state index contributed by atoms with van der Waals surface area (Å²) in [6.07, 6.45) is 14.3. The molecule has 0 radical (unpaired) electrons. The Labute approximate surface area is 217 Å². The van der Waals surface area contributed by atoms with Crippen molar-refractivity contribution in [2.75, 3.05) is 54.9 Å². The summed E-state index contributed by atoms with van der Waals surface area (Å²) >= 11 is 0. The lowest BCUT2D eigenvalue weighted by molar-refractivity contribution is 0.0839. The Bertz CT molecular complexity index is 1070. The lowest BCUT2D eigenvalue weighted by Crippen LogP contribution is -2.34. The normalized spacial score (nSPS) is 18.7. The summed E-state index contributed by atoms with van der Waals surface area (Å²) in [5.74, 6) is 0.720. The van der Waals surface area contributed by atoms with Crippen LogP contribution in [0.4, 0.5) is 0 Å². The van der Waals surface area contributed by atoms with Gasteiger partial charge in [-0.1, -0.05) is 73.5 Å². The van der Waals surface area contributed by atoms with Crippen LogP contribution >= 0.6 is 0 Å². The van der Waals surface area contributed by atoms with E-state index in [0.717, 1.165) is 5.92 Å². The van der Waals surface area contributed by atoms with Gasteiger partial charge in [0.1, 0.15) is 0 Å². The Morgan fingerprint density at radius 2 is 1.14 bits per heavy atom. The van der Waals surface area contributed by atoms with E-state index in [1.807, 2.05) is 0 Å². The van der Waals surface area contributed by atoms with Gasteiger partial charge in [-0.25, -0.2) is 0 Å². The first-order valence-electron chi connectivity index (χ1n) is 13.1. The number of benzene rings is 2. The first-order valence-corrected chi connectivity index (χ1v) is 13.1. The molecular weight excluding hydrogens is 448 g/mol. The van der Waals surface area contributed by atoms with Crippen molar-refractivity contribution in [3.63, 3.8) is 0 Å². The van der Waals surface area contributed by atoms with Gasteiger partial charge in [-0.05, 0) is 59.1 Å². The highest BCUT2D eigenvalue weighted by Gasteiger charge is 2.39. The van der Waals surface area contributed by atoms with E-state index >= 15 is 0 Å². The predicted molar refractivity (Wildman–Crippen MR) is 148 cm³/mol. The van der Waals surface area contributed by atoms with Crippen molar-refractivity contribution in [1.29, 1.82) is 0 Å². The highest BCUT2D eigenvalue weighted by atomic mass is 16.5. The fourth-order valence-electron chi connectivity index (χ4n) is 6.65. The fourth-order valence-corrected chi connectivity index (χ4v) is 6.65. The van der Waals surface area contributed by atoms with Crippen LogP contribution in [0.1, 0.15) is 65.0 Å². The molecule has 0 unspecified atom stereocenters. The molecule has 0 N–H and O–H groups in total. The minimum atomic E-state index is -0.107.